The van der Waals surface area contributed by atoms with E-state index in [1.807, 2.05) is 104 Å². The van der Waals surface area contributed by atoms with E-state index in [2.05, 4.69) is 20.2 Å². The van der Waals surface area contributed by atoms with Gasteiger partial charge >= 0.3 is 0 Å². The van der Waals surface area contributed by atoms with Crippen LogP contribution in [0.4, 0.5) is 0 Å². The monoisotopic (exact) mass is 882 g/mol. The first kappa shape index (κ1) is 38.3. The van der Waals surface area contributed by atoms with Crippen molar-refractivity contribution in [2.45, 2.75) is 13.8 Å². The second-order valence-corrected chi connectivity index (χ2v) is 16.0. The first-order valence-electron chi connectivity index (χ1n) is 17.7. The van der Waals surface area contributed by atoms with Crippen LogP contribution < -0.4 is 0 Å². The molecular weight excluding hydrogens is 857 g/mol. The molecule has 0 bridgehead atoms. The number of aryl methyl sites for hydroxylation is 4. The molecule has 0 fully saturated rings. The van der Waals surface area contributed by atoms with Crippen molar-refractivity contribution in [2.75, 3.05) is 0 Å². The molecule has 8 heterocycles. The van der Waals surface area contributed by atoms with Crippen LogP contribution in [0.15, 0.2) is 98.0 Å². The van der Waals surface area contributed by atoms with Crippen LogP contribution in [0.2, 0.25) is 30.3 Å². The topological polar surface area (TPSA) is 96.0 Å². The van der Waals surface area contributed by atoms with Gasteiger partial charge in [-0.15, -0.1) is 0 Å². The summed E-state index contributed by atoms with van der Waals surface area (Å²) in [5.41, 5.74) is 11.1. The number of fused-ring (bicyclic) bond motifs is 6. The maximum absolute atomic E-state index is 6.85. The molecule has 0 amide bonds. The van der Waals surface area contributed by atoms with Gasteiger partial charge in [-0.25, -0.2) is 15.0 Å². The van der Waals surface area contributed by atoms with E-state index >= 15 is 0 Å². The summed E-state index contributed by atoms with van der Waals surface area (Å²) in [4.78, 5) is 19.0. The van der Waals surface area contributed by atoms with Crippen molar-refractivity contribution < 1.29 is 0 Å². The molecule has 0 unspecified atom stereocenters. The van der Waals surface area contributed by atoms with Crippen molar-refractivity contribution in [3.8, 4) is 44.8 Å². The smallest absolute Gasteiger partial charge is 0.148 e. The summed E-state index contributed by atoms with van der Waals surface area (Å²) >= 11 is 39.1. The number of hydrogen-bond donors (Lipinski definition) is 0. The molecule has 0 saturated heterocycles. The molecule has 0 aliphatic rings. The van der Waals surface area contributed by atoms with Gasteiger partial charge in [0.15, 0.2) is 0 Å². The van der Waals surface area contributed by atoms with Crippen molar-refractivity contribution in [3.63, 3.8) is 0 Å². The minimum absolute atomic E-state index is 0.424. The van der Waals surface area contributed by atoms with Crippen LogP contribution in [-0.2, 0) is 14.1 Å². The van der Waals surface area contributed by atoms with Crippen LogP contribution in [0.5, 0.6) is 0 Å². The highest BCUT2D eigenvalue weighted by Gasteiger charge is 2.22. The molecule has 16 heteroatoms. The summed E-state index contributed by atoms with van der Waals surface area (Å²) < 4.78 is 7.46. The Balaban J connectivity index is 0.000000150. The van der Waals surface area contributed by atoms with Gasteiger partial charge in [0.2, 0.25) is 0 Å². The lowest BCUT2D eigenvalue weighted by atomic mass is 10.1. The molecule has 0 atom stereocenters. The van der Waals surface area contributed by atoms with E-state index in [4.69, 9.17) is 79.6 Å². The largest absolute Gasteiger partial charge is 0.303 e. The summed E-state index contributed by atoms with van der Waals surface area (Å²) in [6, 6.07) is 16.7. The summed E-state index contributed by atoms with van der Waals surface area (Å²) in [6.45, 7) is 3.97. The van der Waals surface area contributed by atoms with Crippen LogP contribution in [0.3, 0.4) is 0 Å². The molecular formula is C42H28Cl6N10. The van der Waals surface area contributed by atoms with Gasteiger partial charge in [-0.2, -0.15) is 10.2 Å². The Labute approximate surface area is 361 Å². The van der Waals surface area contributed by atoms with E-state index < -0.39 is 0 Å². The van der Waals surface area contributed by atoms with Gasteiger partial charge in [0, 0.05) is 95.2 Å². The Kier molecular flexibility index (Phi) is 9.83. The molecule has 0 spiro atoms. The average Bonchev–Trinajstić information content (AvgIpc) is 3.98. The van der Waals surface area contributed by atoms with Crippen LogP contribution in [-0.4, -0.2) is 48.3 Å². The van der Waals surface area contributed by atoms with Crippen LogP contribution >= 0.6 is 69.6 Å². The standard InChI is InChI=1S/2C21H14Cl3N5/c1-11-19(18-15(22)4-3-5-16(18)23)27-21-14-8-13(12-9-25-28(2)10-12)20(24)26-17(14)6-7-29(11)21;1-11-20(17-14(22)4-3-5-15(17)23)27-21-18-16(6-7-29(11)21)25-9-13(19(18)24)12-8-26-28(2)10-12/h2*3-10H,1-2H3. The molecule has 0 aliphatic carbocycles. The highest BCUT2D eigenvalue weighted by Crippen LogP contribution is 2.41. The molecule has 0 radical (unpaired) electrons. The minimum Gasteiger partial charge on any atom is -0.303 e. The number of halogens is 6. The Morgan fingerprint density at radius 1 is 0.552 bits per heavy atom. The third-order valence-corrected chi connectivity index (χ3v) is 11.9. The van der Waals surface area contributed by atoms with E-state index in [0.717, 1.165) is 78.0 Å². The Morgan fingerprint density at radius 3 is 1.59 bits per heavy atom. The van der Waals surface area contributed by atoms with Crippen LogP contribution in [0.25, 0.3) is 77.9 Å². The molecule has 58 heavy (non-hydrogen) atoms. The first-order valence-corrected chi connectivity index (χ1v) is 20.0. The van der Waals surface area contributed by atoms with Crippen molar-refractivity contribution in [1.82, 2.24) is 48.3 Å². The lowest BCUT2D eigenvalue weighted by Crippen LogP contribution is -1.92. The zero-order valence-corrected chi connectivity index (χ0v) is 35.5. The first-order chi connectivity index (χ1) is 27.9. The maximum Gasteiger partial charge on any atom is 0.148 e. The second-order valence-electron chi connectivity index (χ2n) is 13.6. The molecule has 2 aromatic carbocycles. The summed E-state index contributed by atoms with van der Waals surface area (Å²) in [5.74, 6) is 0. The van der Waals surface area contributed by atoms with Gasteiger partial charge < -0.3 is 8.80 Å². The van der Waals surface area contributed by atoms with Gasteiger partial charge in [0.1, 0.15) is 16.4 Å². The SMILES string of the molecule is Cc1c(-c2c(Cl)cccc2Cl)nc2c3c(Cl)c(-c4cnn(C)c4)cnc3ccn12.Cc1c(-c2c(Cl)cccc2Cl)nc2c3cc(-c4cnn(C)c4)c(Cl)nc3ccn12. The fourth-order valence-electron chi connectivity index (χ4n) is 7.15. The van der Waals surface area contributed by atoms with Gasteiger partial charge in [0.05, 0.1) is 65.3 Å². The van der Waals surface area contributed by atoms with Gasteiger partial charge in [-0.3, -0.25) is 14.3 Å². The molecule has 8 aromatic heterocycles. The average molecular weight is 885 g/mol. The fraction of sp³-hybridized carbons (Fsp3) is 0.0952. The molecule has 10 nitrogen and oxygen atoms in total. The van der Waals surface area contributed by atoms with Crippen LogP contribution in [0.1, 0.15) is 11.4 Å². The zero-order chi connectivity index (χ0) is 40.6. The zero-order valence-electron chi connectivity index (χ0n) is 31.0. The van der Waals surface area contributed by atoms with E-state index in [9.17, 15) is 0 Å². The van der Waals surface area contributed by atoms with Gasteiger partial charge in [-0.05, 0) is 56.3 Å². The summed E-state index contributed by atoms with van der Waals surface area (Å²) in [5, 5.41) is 13.3. The predicted octanol–water partition coefficient (Wildman–Crippen LogP) is 12.4. The van der Waals surface area contributed by atoms with Gasteiger partial charge in [-0.1, -0.05) is 81.7 Å². The van der Waals surface area contributed by atoms with E-state index in [1.165, 1.54) is 0 Å². The molecule has 10 aromatic rings. The molecule has 10 rings (SSSR count). The Morgan fingerprint density at radius 2 is 1.05 bits per heavy atom. The number of benzene rings is 2. The van der Waals surface area contributed by atoms with Crippen LogP contribution in [0, 0.1) is 13.8 Å². The van der Waals surface area contributed by atoms with Crippen molar-refractivity contribution in [1.29, 1.82) is 0 Å². The lowest BCUT2D eigenvalue weighted by Gasteiger charge is -2.07. The number of pyridine rings is 4. The maximum atomic E-state index is 6.85. The number of nitrogens with zero attached hydrogens (tertiary/aromatic N) is 10. The number of hydrogen-bond acceptors (Lipinski definition) is 6. The summed E-state index contributed by atoms with van der Waals surface area (Å²) in [6.07, 6.45) is 13.0. The van der Waals surface area contributed by atoms with Crippen molar-refractivity contribution in [2.24, 2.45) is 14.1 Å². The number of imidazole rings is 2. The third kappa shape index (κ3) is 6.45. The fourth-order valence-corrected chi connectivity index (χ4v) is 8.89. The molecule has 0 saturated carbocycles. The Bertz CT molecular complexity index is 3190. The Hall–Kier alpha value is -5.20. The molecule has 288 valence electrons. The predicted molar refractivity (Wildman–Crippen MR) is 236 cm³/mol. The lowest BCUT2D eigenvalue weighted by molar-refractivity contribution is 0.768. The highest BCUT2D eigenvalue weighted by molar-refractivity contribution is 6.40. The van der Waals surface area contributed by atoms with Crippen molar-refractivity contribution >= 4 is 103 Å². The normalized spacial score (nSPS) is 11.6. The third-order valence-electron chi connectivity index (χ3n) is 10.0. The van der Waals surface area contributed by atoms with Crippen molar-refractivity contribution in [3.05, 3.63) is 140 Å². The molecule has 0 aliphatic heterocycles. The second kappa shape index (κ2) is 14.9. The quantitative estimate of drug-likeness (QED) is 0.163. The number of rotatable bonds is 4. The highest BCUT2D eigenvalue weighted by atomic mass is 35.5. The van der Waals surface area contributed by atoms with Gasteiger partial charge in [0.25, 0.3) is 0 Å². The van der Waals surface area contributed by atoms with E-state index in [1.54, 1.807) is 40.1 Å². The van der Waals surface area contributed by atoms with E-state index in [0.29, 0.717) is 41.5 Å². The minimum atomic E-state index is 0.424. The number of aromatic nitrogens is 10. The molecule has 0 N–H and O–H groups in total. The van der Waals surface area contributed by atoms with E-state index in [-0.39, 0.29) is 0 Å². The summed E-state index contributed by atoms with van der Waals surface area (Å²) in [7, 11) is 3.73.